The van der Waals surface area contributed by atoms with Gasteiger partial charge in [0.2, 0.25) is 11.1 Å². The fourth-order valence-corrected chi connectivity index (χ4v) is 5.17. The molecular formula is C27H23ClN4OS. The molecule has 34 heavy (non-hydrogen) atoms. The summed E-state index contributed by atoms with van der Waals surface area (Å²) in [6.07, 6.45) is 1.68. The van der Waals surface area contributed by atoms with Crippen molar-refractivity contribution < 1.29 is 4.74 Å². The van der Waals surface area contributed by atoms with Crippen LogP contribution in [-0.2, 0) is 0 Å². The Morgan fingerprint density at radius 3 is 2.38 bits per heavy atom. The number of nitrogens with zero attached hydrogens (tertiary/aromatic N) is 3. The molecule has 2 aliphatic heterocycles. The maximum absolute atomic E-state index is 6.70. The Labute approximate surface area is 207 Å². The monoisotopic (exact) mass is 486 g/mol. The highest BCUT2D eigenvalue weighted by Gasteiger charge is 2.41. The van der Waals surface area contributed by atoms with Crippen LogP contribution in [0.15, 0.2) is 77.5 Å². The van der Waals surface area contributed by atoms with Crippen LogP contribution in [0.25, 0.3) is 5.70 Å². The summed E-state index contributed by atoms with van der Waals surface area (Å²) in [6, 6.07) is 22.6. The molecule has 2 aliphatic rings. The molecule has 0 radical (unpaired) electrons. The van der Waals surface area contributed by atoms with E-state index in [9.17, 15) is 0 Å². The molecule has 0 unspecified atom stereocenters. The minimum Gasteiger partial charge on any atom is -0.480 e. The summed E-state index contributed by atoms with van der Waals surface area (Å²) < 4.78 is 8.69. The Kier molecular flexibility index (Phi) is 5.15. The Balaban J connectivity index is 1.63. The molecule has 0 aliphatic carbocycles. The normalized spacial score (nSPS) is 18.5. The van der Waals surface area contributed by atoms with Crippen molar-refractivity contribution in [1.82, 2.24) is 14.8 Å². The van der Waals surface area contributed by atoms with Crippen LogP contribution >= 0.6 is 23.4 Å². The van der Waals surface area contributed by atoms with Gasteiger partial charge in [-0.3, -0.25) is 0 Å². The van der Waals surface area contributed by atoms with Crippen LogP contribution in [0.5, 0.6) is 5.75 Å². The number of halogens is 1. The second kappa shape index (κ2) is 8.22. The molecule has 0 saturated carbocycles. The molecule has 0 saturated heterocycles. The maximum Gasteiger partial charge on any atom is 0.227 e. The van der Waals surface area contributed by atoms with Gasteiger partial charge in [0.15, 0.2) is 0 Å². The molecule has 7 heteroatoms. The van der Waals surface area contributed by atoms with E-state index in [4.69, 9.17) is 26.4 Å². The number of fused-ring (bicyclic) bond motifs is 3. The third-order valence-corrected chi connectivity index (χ3v) is 7.15. The van der Waals surface area contributed by atoms with E-state index >= 15 is 0 Å². The fraction of sp³-hybridized carbons (Fsp3) is 0.185. The summed E-state index contributed by atoms with van der Waals surface area (Å²) >= 11 is 7.76. The average Bonchev–Trinajstić information content (AvgIpc) is 3.27. The van der Waals surface area contributed by atoms with Crippen LogP contribution in [0.4, 0.5) is 5.95 Å². The van der Waals surface area contributed by atoms with Crippen molar-refractivity contribution in [3.8, 4) is 5.75 Å². The van der Waals surface area contributed by atoms with E-state index in [0.29, 0.717) is 5.02 Å². The number of thioether (sulfide) groups is 1. The Hall–Kier alpha value is -3.22. The predicted molar refractivity (Wildman–Crippen MR) is 138 cm³/mol. The van der Waals surface area contributed by atoms with Gasteiger partial charge in [-0.05, 0) is 55.5 Å². The first-order chi connectivity index (χ1) is 16.5. The van der Waals surface area contributed by atoms with E-state index in [1.165, 1.54) is 22.9 Å². The molecular weight excluding hydrogens is 464 g/mol. The minimum absolute atomic E-state index is 0.172. The Morgan fingerprint density at radius 1 is 0.941 bits per heavy atom. The summed E-state index contributed by atoms with van der Waals surface area (Å²) in [5, 5.41) is 9.89. The van der Waals surface area contributed by atoms with Crippen LogP contribution in [-0.4, -0.2) is 21.0 Å². The lowest BCUT2D eigenvalue weighted by Gasteiger charge is -2.39. The molecule has 5 nitrogen and oxygen atoms in total. The molecule has 6 rings (SSSR count). The van der Waals surface area contributed by atoms with Gasteiger partial charge in [-0.1, -0.05) is 77.0 Å². The van der Waals surface area contributed by atoms with Gasteiger partial charge in [0.05, 0.1) is 5.70 Å². The number of anilines is 1. The first-order valence-electron chi connectivity index (χ1n) is 11.1. The summed E-state index contributed by atoms with van der Waals surface area (Å²) in [5.41, 5.74) is 7.73. The highest BCUT2D eigenvalue weighted by Crippen LogP contribution is 2.51. The molecule has 2 atom stereocenters. The van der Waals surface area contributed by atoms with E-state index in [0.717, 1.165) is 44.8 Å². The predicted octanol–water partition coefficient (Wildman–Crippen LogP) is 6.83. The molecule has 0 spiro atoms. The van der Waals surface area contributed by atoms with Gasteiger partial charge in [-0.15, -0.1) is 5.10 Å². The molecule has 0 amide bonds. The maximum atomic E-state index is 6.70. The second-order valence-electron chi connectivity index (χ2n) is 8.68. The third-order valence-electron chi connectivity index (χ3n) is 6.36. The number of aromatic nitrogens is 3. The number of hydrogen-bond donors (Lipinski definition) is 1. The number of benzene rings is 3. The van der Waals surface area contributed by atoms with Crippen molar-refractivity contribution >= 4 is 35.0 Å². The van der Waals surface area contributed by atoms with Crippen LogP contribution in [0.2, 0.25) is 5.02 Å². The first kappa shape index (κ1) is 21.3. The van der Waals surface area contributed by atoms with E-state index in [1.54, 1.807) is 0 Å². The third kappa shape index (κ3) is 3.49. The zero-order chi connectivity index (χ0) is 23.4. The summed E-state index contributed by atoms with van der Waals surface area (Å²) in [5.74, 6) is 1.58. The van der Waals surface area contributed by atoms with Crippen LogP contribution < -0.4 is 10.1 Å². The van der Waals surface area contributed by atoms with Gasteiger partial charge < -0.3 is 10.1 Å². The standard InChI is InChI=1S/C27H23ClN4OS/c1-15-4-7-17(8-5-15)24-22-23(29-26-30-27(34-3)31-32(24)26)20-14-16(2)6-13-21(20)33-25(22)18-9-11-19(28)12-10-18/h4-14,24-25H,1-3H3,(H,29,30,31)/t24-,25-/m0/s1. The van der Waals surface area contributed by atoms with Gasteiger partial charge in [-0.2, -0.15) is 4.98 Å². The zero-order valence-electron chi connectivity index (χ0n) is 19.0. The first-order valence-corrected chi connectivity index (χ1v) is 12.7. The SMILES string of the molecule is CSc1nc2n(n1)[C@@H](c1ccc(C)cc1)C1=C(N2)c2cc(C)ccc2O[C@H]1c1ccc(Cl)cc1. The van der Waals surface area contributed by atoms with Crippen LogP contribution in [0.1, 0.15) is 40.0 Å². The lowest BCUT2D eigenvalue weighted by atomic mass is 9.84. The van der Waals surface area contributed by atoms with E-state index < -0.39 is 0 Å². The molecule has 1 aromatic heterocycles. The molecule has 170 valence electrons. The minimum atomic E-state index is -0.309. The largest absolute Gasteiger partial charge is 0.480 e. The topological polar surface area (TPSA) is 52.0 Å². The number of nitrogens with one attached hydrogen (secondary N) is 1. The van der Waals surface area contributed by atoms with Gasteiger partial charge in [-0.25, -0.2) is 4.68 Å². The number of aryl methyl sites for hydroxylation is 2. The van der Waals surface area contributed by atoms with E-state index in [2.05, 4.69) is 55.6 Å². The average molecular weight is 487 g/mol. The lowest BCUT2D eigenvalue weighted by molar-refractivity contribution is 0.223. The molecule has 0 bridgehead atoms. The van der Waals surface area contributed by atoms with Crippen molar-refractivity contribution in [3.63, 3.8) is 0 Å². The number of rotatable bonds is 3. The zero-order valence-corrected chi connectivity index (χ0v) is 20.6. The van der Waals surface area contributed by atoms with Crippen molar-refractivity contribution in [2.75, 3.05) is 11.6 Å². The van der Waals surface area contributed by atoms with E-state index in [1.807, 2.05) is 41.3 Å². The lowest BCUT2D eigenvalue weighted by Crippen LogP contribution is -2.32. The molecule has 3 heterocycles. The highest BCUT2D eigenvalue weighted by molar-refractivity contribution is 7.98. The summed E-state index contributed by atoms with van der Waals surface area (Å²) in [4.78, 5) is 4.77. The Morgan fingerprint density at radius 2 is 1.65 bits per heavy atom. The van der Waals surface area contributed by atoms with E-state index in [-0.39, 0.29) is 12.1 Å². The smallest absolute Gasteiger partial charge is 0.227 e. The van der Waals surface area contributed by atoms with Gasteiger partial charge in [0.25, 0.3) is 0 Å². The number of hydrogen-bond acceptors (Lipinski definition) is 5. The van der Waals surface area contributed by atoms with Crippen LogP contribution in [0.3, 0.4) is 0 Å². The van der Waals surface area contributed by atoms with Crippen molar-refractivity contribution in [3.05, 3.63) is 105 Å². The van der Waals surface area contributed by atoms with Crippen LogP contribution in [0, 0.1) is 13.8 Å². The summed E-state index contributed by atoms with van der Waals surface area (Å²) in [6.45, 7) is 4.20. The molecule has 0 fully saturated rings. The van der Waals surface area contributed by atoms with Crippen molar-refractivity contribution in [2.24, 2.45) is 0 Å². The van der Waals surface area contributed by atoms with Gasteiger partial charge >= 0.3 is 0 Å². The second-order valence-corrected chi connectivity index (χ2v) is 9.89. The summed E-state index contributed by atoms with van der Waals surface area (Å²) in [7, 11) is 0. The molecule has 1 N–H and O–H groups in total. The van der Waals surface area contributed by atoms with Gasteiger partial charge in [0.1, 0.15) is 17.9 Å². The molecule has 4 aromatic rings. The van der Waals surface area contributed by atoms with Crippen molar-refractivity contribution in [2.45, 2.75) is 31.1 Å². The fourth-order valence-electron chi connectivity index (χ4n) is 4.69. The highest BCUT2D eigenvalue weighted by atomic mass is 35.5. The quantitative estimate of drug-likeness (QED) is 0.321. The molecule has 3 aromatic carbocycles. The van der Waals surface area contributed by atoms with Gasteiger partial charge in [0, 0.05) is 16.2 Å². The Bertz CT molecular complexity index is 1430. The number of ether oxygens (including phenoxy) is 1. The van der Waals surface area contributed by atoms with Crippen molar-refractivity contribution in [1.29, 1.82) is 0 Å².